The second-order valence-corrected chi connectivity index (χ2v) is 13.5. The number of carbonyl (C=O) groups is 4. The van der Waals surface area contributed by atoms with E-state index in [1.54, 1.807) is 50.5 Å². The maximum atomic E-state index is 14.0. The molecule has 0 aliphatic carbocycles. The Kier molecular flexibility index (Phi) is 17.4. The Hall–Kier alpha value is -7.92. The topological polar surface area (TPSA) is 156 Å². The van der Waals surface area contributed by atoms with E-state index in [2.05, 4.69) is 15.6 Å². The predicted octanol–water partition coefficient (Wildman–Crippen LogP) is 8.95. The monoisotopic (exact) mass is 882 g/mol. The summed E-state index contributed by atoms with van der Waals surface area (Å²) >= 11 is 0. The molecule has 3 amide bonds. The molecule has 330 valence electrons. The summed E-state index contributed by atoms with van der Waals surface area (Å²) in [6.07, 6.45) is 0. The number of ketones is 1. The van der Waals surface area contributed by atoms with Crippen molar-refractivity contribution in [2.75, 3.05) is 0 Å². The predicted molar refractivity (Wildman–Crippen MR) is 227 cm³/mol. The molecule has 1 aliphatic rings. The van der Waals surface area contributed by atoms with Gasteiger partial charge in [-0.1, -0.05) is 91.0 Å². The zero-order valence-corrected chi connectivity index (χ0v) is 34.6. The number of hydrazine groups is 1. The Morgan fingerprint density at radius 3 is 1.53 bits per heavy atom. The summed E-state index contributed by atoms with van der Waals surface area (Å²) < 4.78 is 84.7. The van der Waals surface area contributed by atoms with Gasteiger partial charge in [-0.15, -0.1) is 5.10 Å². The van der Waals surface area contributed by atoms with Crippen LogP contribution in [0.5, 0.6) is 0 Å². The van der Waals surface area contributed by atoms with Crippen LogP contribution in [0.15, 0.2) is 156 Å². The van der Waals surface area contributed by atoms with Gasteiger partial charge in [-0.05, 0) is 74.0 Å². The first-order chi connectivity index (χ1) is 30.4. The van der Waals surface area contributed by atoms with Gasteiger partial charge < -0.3 is 4.74 Å². The van der Waals surface area contributed by atoms with Crippen molar-refractivity contribution in [3.8, 4) is 0 Å². The third-order valence-corrected chi connectivity index (χ3v) is 8.83. The van der Waals surface area contributed by atoms with Crippen LogP contribution < -0.4 is 16.7 Å². The Morgan fingerprint density at radius 2 is 1.06 bits per heavy atom. The molecule has 0 saturated heterocycles. The molecular formula is C47H40F6N6O5. The lowest BCUT2D eigenvalue weighted by Crippen LogP contribution is -2.41. The Morgan fingerprint density at radius 1 is 0.609 bits per heavy atom. The highest BCUT2D eigenvalue weighted by atomic mass is 19.1. The van der Waals surface area contributed by atoms with Crippen molar-refractivity contribution in [2.45, 2.75) is 33.4 Å². The minimum Gasteiger partial charge on any atom is -0.443 e. The molecule has 7 rings (SSSR count). The van der Waals surface area contributed by atoms with Crippen molar-refractivity contribution in [3.05, 3.63) is 214 Å². The highest BCUT2D eigenvalue weighted by Crippen LogP contribution is 2.36. The zero-order valence-electron chi connectivity index (χ0n) is 34.6. The second-order valence-electron chi connectivity index (χ2n) is 13.5. The van der Waals surface area contributed by atoms with Crippen LogP contribution in [-0.2, 0) is 15.3 Å². The van der Waals surface area contributed by atoms with Gasteiger partial charge in [0.05, 0.1) is 22.4 Å². The summed E-state index contributed by atoms with van der Waals surface area (Å²) in [6, 6.07) is 35.6. The van der Waals surface area contributed by atoms with Gasteiger partial charge in [0.1, 0.15) is 34.9 Å². The number of amides is 3. The van der Waals surface area contributed by atoms with E-state index in [0.29, 0.717) is 11.3 Å². The molecule has 4 N–H and O–H groups in total. The van der Waals surface area contributed by atoms with Crippen LogP contribution in [0.2, 0.25) is 0 Å². The number of nitrogen functional groups attached to an aromatic ring is 1. The first-order valence-corrected chi connectivity index (χ1v) is 18.9. The van der Waals surface area contributed by atoms with Gasteiger partial charge in [-0.3, -0.25) is 24.6 Å². The van der Waals surface area contributed by atoms with Crippen molar-refractivity contribution >= 4 is 35.1 Å². The fraction of sp³-hybridized carbons (Fsp3) is 0.106. The molecule has 6 aromatic carbocycles. The molecule has 6 aromatic rings. The minimum absolute atomic E-state index is 0.121. The lowest BCUT2D eigenvalue weighted by molar-refractivity contribution is -0.146. The average Bonchev–Trinajstić information content (AvgIpc) is 3.67. The highest BCUT2D eigenvalue weighted by molar-refractivity contribution is 6.01. The summed E-state index contributed by atoms with van der Waals surface area (Å²) in [6.45, 7) is 6.25. The first-order valence-electron chi connectivity index (χ1n) is 18.9. The average molecular weight is 883 g/mol. The lowest BCUT2D eigenvalue weighted by atomic mass is 10.0. The van der Waals surface area contributed by atoms with Crippen LogP contribution in [-0.4, -0.2) is 40.1 Å². The van der Waals surface area contributed by atoms with Gasteiger partial charge in [0.25, 0.3) is 11.8 Å². The molecule has 1 unspecified atom stereocenters. The number of carbonyl (C=O) groups excluding carboxylic acids is 4. The lowest BCUT2D eigenvalue weighted by Gasteiger charge is -2.31. The molecule has 1 atom stereocenters. The number of hydrazone groups is 2. The summed E-state index contributed by atoms with van der Waals surface area (Å²) in [4.78, 5) is 45.1. The summed E-state index contributed by atoms with van der Waals surface area (Å²) in [5.41, 5.74) is 4.62. The molecule has 64 heavy (non-hydrogen) atoms. The summed E-state index contributed by atoms with van der Waals surface area (Å²) in [5.74, 6) is -1.56. The highest BCUT2D eigenvalue weighted by Gasteiger charge is 2.45. The third-order valence-electron chi connectivity index (χ3n) is 8.83. The van der Waals surface area contributed by atoms with Crippen molar-refractivity contribution in [1.29, 1.82) is 0 Å². The van der Waals surface area contributed by atoms with Crippen molar-refractivity contribution in [1.82, 2.24) is 15.9 Å². The molecule has 0 spiro atoms. The molecule has 0 radical (unpaired) electrons. The van der Waals surface area contributed by atoms with Crippen LogP contribution in [0.3, 0.4) is 0 Å². The van der Waals surface area contributed by atoms with Gasteiger partial charge in [0, 0.05) is 25.0 Å². The fourth-order valence-electron chi connectivity index (χ4n) is 5.54. The van der Waals surface area contributed by atoms with E-state index in [-0.39, 0.29) is 28.7 Å². The van der Waals surface area contributed by atoms with E-state index in [1.807, 2.05) is 66.7 Å². The molecule has 17 heteroatoms. The molecule has 1 aliphatic heterocycles. The van der Waals surface area contributed by atoms with Gasteiger partial charge in [-0.2, -0.15) is 10.1 Å². The van der Waals surface area contributed by atoms with E-state index in [4.69, 9.17) is 10.6 Å². The van der Waals surface area contributed by atoms with Gasteiger partial charge in [-0.25, -0.2) is 37.6 Å². The van der Waals surface area contributed by atoms with Gasteiger partial charge >= 0.3 is 0 Å². The molecule has 0 fully saturated rings. The van der Waals surface area contributed by atoms with Crippen molar-refractivity contribution in [2.24, 2.45) is 16.0 Å². The summed E-state index contributed by atoms with van der Waals surface area (Å²) in [7, 11) is 0. The number of Topliss-reactive ketones (excluding diaryl/α,β-unsaturated/α-hetero) is 1. The molecule has 0 saturated carbocycles. The smallest absolute Gasteiger partial charge is 0.274 e. The Balaban J connectivity index is 0.000000199. The normalized spacial score (nSPS) is 13.8. The third kappa shape index (κ3) is 13.3. The largest absolute Gasteiger partial charge is 0.443 e. The van der Waals surface area contributed by atoms with E-state index < -0.39 is 58.0 Å². The quantitative estimate of drug-likeness (QED) is 0.0363. The number of ether oxygens (including phenoxy) is 1. The van der Waals surface area contributed by atoms with E-state index in [1.165, 1.54) is 6.92 Å². The molecule has 0 aromatic heterocycles. The second kappa shape index (κ2) is 22.8. The van der Waals surface area contributed by atoms with E-state index in [9.17, 15) is 45.5 Å². The zero-order chi connectivity index (χ0) is 47.0. The van der Waals surface area contributed by atoms with Gasteiger partial charge in [0.15, 0.2) is 5.78 Å². The number of nitrogens with one attached hydrogen (secondary N) is 2. The van der Waals surface area contributed by atoms with Crippen molar-refractivity contribution < 1.29 is 50.3 Å². The number of hydrogen-bond acceptors (Lipinski definition) is 8. The van der Waals surface area contributed by atoms with Crippen molar-refractivity contribution in [3.63, 3.8) is 0 Å². The van der Waals surface area contributed by atoms with Crippen LogP contribution in [0.4, 0.5) is 26.3 Å². The maximum absolute atomic E-state index is 14.0. The number of nitrogens with zero attached hydrogens (tertiary/aromatic N) is 3. The molecular weight excluding hydrogens is 843 g/mol. The number of benzene rings is 6. The maximum Gasteiger partial charge on any atom is 0.274 e. The van der Waals surface area contributed by atoms with Crippen LogP contribution in [0, 0.1) is 34.9 Å². The van der Waals surface area contributed by atoms with E-state index in [0.717, 1.165) is 70.7 Å². The number of rotatable bonds is 7. The Labute approximate surface area is 363 Å². The van der Waals surface area contributed by atoms with E-state index >= 15 is 0 Å². The van der Waals surface area contributed by atoms with Crippen LogP contribution >= 0.6 is 0 Å². The molecule has 1 heterocycles. The van der Waals surface area contributed by atoms with Crippen LogP contribution in [0.1, 0.15) is 75.5 Å². The van der Waals surface area contributed by atoms with Crippen LogP contribution in [0.25, 0.3) is 0 Å². The number of halogens is 6. The molecule has 0 bridgehead atoms. The number of hydrogen-bond donors (Lipinski definition) is 3. The number of nitrogens with two attached hydrogens (primary N) is 1. The fourth-order valence-corrected chi connectivity index (χ4v) is 5.54. The molecule has 11 nitrogen and oxygen atoms in total. The SMILES string of the molecule is C/C(=N\NC(=O)c1cc(F)ccc1F)c1ccccc1.CC(=O)N1N=C(c2cc(F)ccc2F)OC1(C)c1ccccc1.CC(=O)c1ccccc1.NNC(=O)c1cc(F)ccc1F. The first kappa shape index (κ1) is 48.7. The summed E-state index contributed by atoms with van der Waals surface area (Å²) in [5, 5.41) is 9.06. The standard InChI is InChI=1S/C17H14F2N2O2.C15H12F2N2O.C8H8O.C7H6F2N2O/c1-11(22)21-17(2,12-6-4-3-5-7-12)23-16(20-21)14-10-13(18)8-9-15(14)19;1-10(11-5-3-2-4-6-11)18-19-15(20)13-9-12(16)7-8-14(13)17;1-7(9)8-5-3-2-4-6-8;8-4-1-2-6(9)5(3-4)7(12)11-10/h3-10H,1-2H3;2-9H,1H3,(H,19,20);2-6H,1H3;1-3H,10H2,(H,11,12)/b;18-10+;;. The van der Waals surface area contributed by atoms with Gasteiger partial charge in [0.2, 0.25) is 17.5 Å². The Bertz CT molecular complexity index is 2650. The minimum atomic E-state index is -1.22.